The van der Waals surface area contributed by atoms with E-state index < -0.39 is 10.0 Å². The number of nitrogens with one attached hydrogen (secondary N) is 3. The van der Waals surface area contributed by atoms with Gasteiger partial charge in [0.2, 0.25) is 5.91 Å². The molecular weight excluding hydrogens is 416 g/mol. The minimum absolute atomic E-state index is 0.0915. The summed E-state index contributed by atoms with van der Waals surface area (Å²) in [6, 6.07) is 13.8. The molecule has 2 aromatic carbocycles. The van der Waals surface area contributed by atoms with E-state index in [1.165, 1.54) is 6.07 Å². The van der Waals surface area contributed by atoms with Gasteiger partial charge in [-0.2, -0.15) is 0 Å². The van der Waals surface area contributed by atoms with Crippen LogP contribution in [0.2, 0.25) is 0 Å². The first-order chi connectivity index (χ1) is 14.8. The number of sulfonamides is 1. The van der Waals surface area contributed by atoms with Gasteiger partial charge in [-0.1, -0.05) is 31.2 Å². The minimum Gasteiger partial charge on any atom is -0.352 e. The second kappa shape index (κ2) is 9.74. The third-order valence-corrected chi connectivity index (χ3v) is 6.34. The van der Waals surface area contributed by atoms with Gasteiger partial charge in [0.25, 0.3) is 15.9 Å². The lowest BCUT2D eigenvalue weighted by atomic mass is 10.1. The Morgan fingerprint density at radius 3 is 2.68 bits per heavy atom. The molecule has 1 aliphatic heterocycles. The van der Waals surface area contributed by atoms with Crippen molar-refractivity contribution in [1.29, 1.82) is 0 Å². The van der Waals surface area contributed by atoms with Crippen LogP contribution in [0, 0.1) is 0 Å². The lowest BCUT2D eigenvalue weighted by molar-refractivity contribution is -0.121. The Morgan fingerprint density at radius 2 is 1.90 bits per heavy atom. The molecule has 0 saturated carbocycles. The number of benzene rings is 2. The maximum Gasteiger partial charge on any atom is 0.263 e. The zero-order valence-corrected chi connectivity index (χ0v) is 18.3. The molecule has 164 valence electrons. The Labute approximate surface area is 182 Å². The smallest absolute Gasteiger partial charge is 0.263 e. The van der Waals surface area contributed by atoms with Gasteiger partial charge in [0, 0.05) is 30.1 Å². The number of amidine groups is 1. The summed E-state index contributed by atoms with van der Waals surface area (Å²) in [5, 5.41) is 5.71. The van der Waals surface area contributed by atoms with Crippen molar-refractivity contribution in [3.63, 3.8) is 0 Å². The van der Waals surface area contributed by atoms with Gasteiger partial charge < -0.3 is 10.6 Å². The second-order valence-corrected chi connectivity index (χ2v) is 8.99. The molecule has 3 N–H and O–H groups in total. The highest BCUT2D eigenvalue weighted by Crippen LogP contribution is 2.22. The molecule has 0 radical (unpaired) electrons. The van der Waals surface area contributed by atoms with Gasteiger partial charge in [-0.25, -0.2) is 8.42 Å². The van der Waals surface area contributed by atoms with Crippen molar-refractivity contribution in [3.8, 4) is 0 Å². The number of rotatable bonds is 8. The number of hydrogen-bond donors (Lipinski definition) is 3. The predicted molar refractivity (Wildman–Crippen MR) is 118 cm³/mol. The van der Waals surface area contributed by atoms with Gasteiger partial charge in [-0.15, -0.1) is 0 Å². The van der Waals surface area contributed by atoms with Gasteiger partial charge in [0.15, 0.2) is 0 Å². The number of carbonyl (C=O) groups excluding carboxylic acids is 2. The lowest BCUT2D eigenvalue weighted by Gasteiger charge is -2.12. The van der Waals surface area contributed by atoms with Crippen LogP contribution >= 0.6 is 0 Å². The Hall–Kier alpha value is -3.20. The van der Waals surface area contributed by atoms with E-state index >= 15 is 0 Å². The monoisotopic (exact) mass is 442 g/mol. The Bertz CT molecular complexity index is 1110. The molecule has 1 atom stereocenters. The zero-order valence-electron chi connectivity index (χ0n) is 17.5. The highest BCUT2D eigenvalue weighted by atomic mass is 32.2. The predicted octanol–water partition coefficient (Wildman–Crippen LogP) is 1.96. The average molecular weight is 443 g/mol. The maximum absolute atomic E-state index is 12.2. The number of hydrogen-bond acceptors (Lipinski definition) is 5. The van der Waals surface area contributed by atoms with Crippen LogP contribution in [0.3, 0.4) is 0 Å². The molecular formula is C22H26N4O4S. The van der Waals surface area contributed by atoms with E-state index in [0.29, 0.717) is 11.1 Å². The number of carbonyl (C=O) groups is 2. The van der Waals surface area contributed by atoms with E-state index in [1.54, 1.807) is 36.4 Å². The molecule has 0 fully saturated rings. The molecule has 2 aromatic rings. The molecule has 0 aromatic heterocycles. The molecule has 3 rings (SSSR count). The summed E-state index contributed by atoms with van der Waals surface area (Å²) < 4.78 is 26.6. The SMILES string of the molecule is CCC(C)NC(=O)c1cccc(CNC(=O)CCN=C2NS(=O)(=O)c3ccccc32)c1. The van der Waals surface area contributed by atoms with Crippen molar-refractivity contribution in [3.05, 3.63) is 65.2 Å². The Morgan fingerprint density at radius 1 is 1.13 bits per heavy atom. The van der Waals surface area contributed by atoms with Crippen molar-refractivity contribution in [2.75, 3.05) is 6.54 Å². The van der Waals surface area contributed by atoms with Gasteiger partial charge >= 0.3 is 0 Å². The lowest BCUT2D eigenvalue weighted by Crippen LogP contribution is -2.32. The van der Waals surface area contributed by atoms with Crippen molar-refractivity contribution in [2.45, 2.75) is 44.2 Å². The average Bonchev–Trinajstić information content (AvgIpc) is 3.02. The maximum atomic E-state index is 12.2. The number of amides is 2. The van der Waals surface area contributed by atoms with Crippen molar-refractivity contribution in [1.82, 2.24) is 15.4 Å². The first-order valence-electron chi connectivity index (χ1n) is 10.1. The molecule has 0 saturated heterocycles. The van der Waals surface area contributed by atoms with Crippen LogP contribution in [0.4, 0.5) is 0 Å². The zero-order chi connectivity index (χ0) is 22.4. The third kappa shape index (κ3) is 5.69. The van der Waals surface area contributed by atoms with Crippen LogP contribution in [0.25, 0.3) is 0 Å². The summed E-state index contributed by atoms with van der Waals surface area (Å²) in [5.74, 6) is -0.103. The standard InChI is InChI=1S/C22H26N4O4S/c1-3-15(2)25-22(28)17-8-6-7-16(13-17)14-24-20(27)11-12-23-21-18-9-4-5-10-19(18)31(29,30)26-21/h4-10,13,15H,3,11-12,14H2,1-2H3,(H,23,26)(H,24,27)(H,25,28). The summed E-state index contributed by atoms with van der Waals surface area (Å²) >= 11 is 0. The van der Waals surface area contributed by atoms with Crippen LogP contribution in [-0.4, -0.2) is 38.7 Å². The topological polar surface area (TPSA) is 117 Å². The van der Waals surface area contributed by atoms with Gasteiger partial charge in [-0.3, -0.25) is 19.3 Å². The molecule has 31 heavy (non-hydrogen) atoms. The second-order valence-electron chi connectivity index (χ2n) is 7.34. The first kappa shape index (κ1) is 22.5. The molecule has 1 unspecified atom stereocenters. The van der Waals surface area contributed by atoms with Crippen LogP contribution < -0.4 is 15.4 Å². The van der Waals surface area contributed by atoms with E-state index in [9.17, 15) is 18.0 Å². The van der Waals surface area contributed by atoms with Crippen LogP contribution in [-0.2, 0) is 21.4 Å². The van der Waals surface area contributed by atoms with Crippen molar-refractivity contribution >= 4 is 27.7 Å². The van der Waals surface area contributed by atoms with Crippen LogP contribution in [0.15, 0.2) is 58.4 Å². The minimum atomic E-state index is -3.59. The van der Waals surface area contributed by atoms with E-state index in [2.05, 4.69) is 20.3 Å². The molecule has 0 bridgehead atoms. The fourth-order valence-electron chi connectivity index (χ4n) is 3.04. The third-order valence-electron chi connectivity index (χ3n) is 4.94. The first-order valence-corrected chi connectivity index (χ1v) is 11.6. The van der Waals surface area contributed by atoms with Crippen LogP contribution in [0.1, 0.15) is 48.2 Å². The largest absolute Gasteiger partial charge is 0.352 e. The van der Waals surface area contributed by atoms with E-state index in [-0.39, 0.29) is 48.1 Å². The number of aliphatic imine (C=N–C) groups is 1. The summed E-state index contributed by atoms with van der Waals surface area (Å²) in [6.07, 6.45) is 0.959. The van der Waals surface area contributed by atoms with Gasteiger partial charge in [0.1, 0.15) is 5.84 Å². The molecule has 1 aliphatic rings. The summed E-state index contributed by atoms with van der Waals surface area (Å²) in [7, 11) is -3.59. The van der Waals surface area contributed by atoms with Gasteiger partial charge in [0.05, 0.1) is 11.4 Å². The van der Waals surface area contributed by atoms with Crippen LogP contribution in [0.5, 0.6) is 0 Å². The number of fused-ring (bicyclic) bond motifs is 1. The molecule has 8 nitrogen and oxygen atoms in total. The van der Waals surface area contributed by atoms with Crippen molar-refractivity contribution in [2.24, 2.45) is 4.99 Å². The molecule has 0 aliphatic carbocycles. The fourth-order valence-corrected chi connectivity index (χ4v) is 4.29. The summed E-state index contributed by atoms with van der Waals surface area (Å²) in [4.78, 5) is 28.8. The quantitative estimate of drug-likeness (QED) is 0.579. The molecule has 9 heteroatoms. The normalized spacial score (nSPS) is 16.3. The Balaban J connectivity index is 1.52. The summed E-state index contributed by atoms with van der Waals surface area (Å²) in [5.41, 5.74) is 1.87. The molecule has 0 spiro atoms. The highest BCUT2D eigenvalue weighted by molar-refractivity contribution is 7.90. The van der Waals surface area contributed by atoms with E-state index in [1.807, 2.05) is 19.9 Å². The van der Waals surface area contributed by atoms with E-state index in [0.717, 1.165) is 12.0 Å². The molecule has 2 amide bonds. The highest BCUT2D eigenvalue weighted by Gasteiger charge is 2.29. The fraction of sp³-hybridized carbons (Fsp3) is 0.318. The number of nitrogens with zero attached hydrogens (tertiary/aromatic N) is 1. The Kier molecular flexibility index (Phi) is 7.06. The van der Waals surface area contributed by atoms with Gasteiger partial charge in [-0.05, 0) is 43.2 Å². The van der Waals surface area contributed by atoms with Crippen molar-refractivity contribution < 1.29 is 18.0 Å². The van der Waals surface area contributed by atoms with E-state index in [4.69, 9.17) is 0 Å². The summed E-state index contributed by atoms with van der Waals surface area (Å²) in [6.45, 7) is 4.38. The molecule has 1 heterocycles.